The zero-order valence-corrected chi connectivity index (χ0v) is 16.1. The van der Waals surface area contributed by atoms with Crippen molar-refractivity contribution >= 4 is 21.6 Å². The number of nitrogens with one attached hydrogen (secondary N) is 1. The summed E-state index contributed by atoms with van der Waals surface area (Å²) >= 11 is 0. The number of aryl methyl sites for hydroxylation is 1. The second kappa shape index (κ2) is 7.13. The van der Waals surface area contributed by atoms with Crippen molar-refractivity contribution in [3.63, 3.8) is 0 Å². The molecule has 4 nitrogen and oxygen atoms in total. The Balaban J connectivity index is 1.61. The lowest BCUT2D eigenvalue weighted by molar-refractivity contribution is 0.604. The van der Waals surface area contributed by atoms with Gasteiger partial charge in [0, 0.05) is 28.6 Å². The molecule has 138 valence electrons. The number of aromatic nitrogens is 2. The molecule has 27 heavy (non-hydrogen) atoms. The van der Waals surface area contributed by atoms with Crippen LogP contribution in [0.5, 0.6) is 0 Å². The van der Waals surface area contributed by atoms with Crippen LogP contribution < -0.4 is 5.32 Å². The summed E-state index contributed by atoms with van der Waals surface area (Å²) in [5.41, 5.74) is 2.25. The Morgan fingerprint density at radius 1 is 1.00 bits per heavy atom. The van der Waals surface area contributed by atoms with Gasteiger partial charge in [0.2, 0.25) is 0 Å². The number of benzene rings is 2. The summed E-state index contributed by atoms with van der Waals surface area (Å²) in [4.78, 5) is 10.6. The van der Waals surface area contributed by atoms with Crippen molar-refractivity contribution in [1.29, 1.82) is 0 Å². The van der Waals surface area contributed by atoms with Crippen LogP contribution in [-0.4, -0.2) is 27.3 Å². The molecule has 5 rings (SSSR count). The van der Waals surface area contributed by atoms with Gasteiger partial charge in [0.15, 0.2) is 0 Å². The van der Waals surface area contributed by atoms with Crippen LogP contribution in [0.25, 0.3) is 10.8 Å². The molecule has 0 spiro atoms. The lowest BCUT2D eigenvalue weighted by Crippen LogP contribution is -2.18. The smallest absolute Gasteiger partial charge is 0.139 e. The van der Waals surface area contributed by atoms with Gasteiger partial charge in [-0.1, -0.05) is 30.3 Å². The van der Waals surface area contributed by atoms with Crippen LogP contribution in [0.1, 0.15) is 42.3 Å². The summed E-state index contributed by atoms with van der Waals surface area (Å²) in [6.07, 6.45) is 5.26. The van der Waals surface area contributed by atoms with Crippen molar-refractivity contribution in [3.05, 3.63) is 59.5 Å². The van der Waals surface area contributed by atoms with Gasteiger partial charge in [-0.15, -0.1) is 0 Å². The highest BCUT2D eigenvalue weighted by Gasteiger charge is 2.26. The lowest BCUT2D eigenvalue weighted by Gasteiger charge is -2.20. The van der Waals surface area contributed by atoms with Crippen LogP contribution in [0, 0.1) is 0 Å². The topological polar surface area (TPSA) is 54.9 Å². The Kier molecular flexibility index (Phi) is 4.50. The Hall–Kier alpha value is -2.11. The average Bonchev–Trinajstić information content (AvgIpc) is 3.27. The van der Waals surface area contributed by atoms with Gasteiger partial charge in [-0.05, 0) is 61.6 Å². The molecule has 2 heterocycles. The molecule has 0 saturated carbocycles. The van der Waals surface area contributed by atoms with Crippen molar-refractivity contribution in [1.82, 2.24) is 15.3 Å². The summed E-state index contributed by atoms with van der Waals surface area (Å²) < 4.78 is 13.5. The highest BCUT2D eigenvalue weighted by atomic mass is 32.2. The second-order valence-electron chi connectivity index (χ2n) is 7.49. The van der Waals surface area contributed by atoms with E-state index in [1.54, 1.807) is 0 Å². The Labute approximate surface area is 161 Å². The molecule has 0 bridgehead atoms. The van der Waals surface area contributed by atoms with E-state index >= 15 is 0 Å². The molecule has 1 aliphatic carbocycles. The van der Waals surface area contributed by atoms with Crippen molar-refractivity contribution in [2.75, 3.05) is 13.1 Å². The van der Waals surface area contributed by atoms with Gasteiger partial charge < -0.3 is 5.32 Å². The zero-order chi connectivity index (χ0) is 18.2. The third kappa shape index (κ3) is 3.19. The maximum Gasteiger partial charge on any atom is 0.139 e. The molecule has 0 amide bonds. The van der Waals surface area contributed by atoms with E-state index in [0.717, 1.165) is 77.6 Å². The minimum absolute atomic E-state index is 0.338. The van der Waals surface area contributed by atoms with E-state index in [1.165, 1.54) is 5.39 Å². The van der Waals surface area contributed by atoms with Gasteiger partial charge in [-0.25, -0.2) is 14.2 Å². The highest BCUT2D eigenvalue weighted by molar-refractivity contribution is 7.85. The number of hydrogen-bond donors (Lipinski definition) is 1. The number of hydrogen-bond acceptors (Lipinski definition) is 4. The van der Waals surface area contributed by atoms with Crippen LogP contribution in [0.3, 0.4) is 0 Å². The summed E-state index contributed by atoms with van der Waals surface area (Å²) in [5.74, 6) is 1.22. The van der Waals surface area contributed by atoms with E-state index in [0.29, 0.717) is 5.92 Å². The number of fused-ring (bicyclic) bond motifs is 2. The summed E-state index contributed by atoms with van der Waals surface area (Å²) in [6, 6.07) is 14.3. The predicted octanol–water partition coefficient (Wildman–Crippen LogP) is 3.75. The minimum Gasteiger partial charge on any atom is -0.316 e. The molecule has 1 aliphatic heterocycles. The maximum atomic E-state index is 13.5. The van der Waals surface area contributed by atoms with Crippen molar-refractivity contribution in [2.24, 2.45) is 0 Å². The van der Waals surface area contributed by atoms with Gasteiger partial charge >= 0.3 is 0 Å². The Morgan fingerprint density at radius 2 is 1.85 bits per heavy atom. The molecule has 2 aromatic carbocycles. The molecule has 2 aliphatic rings. The largest absolute Gasteiger partial charge is 0.316 e. The van der Waals surface area contributed by atoms with Gasteiger partial charge in [-0.3, -0.25) is 0 Å². The van der Waals surface area contributed by atoms with Crippen LogP contribution in [-0.2, 0) is 23.6 Å². The zero-order valence-electron chi connectivity index (χ0n) is 15.3. The average molecular weight is 378 g/mol. The number of rotatable bonds is 3. The van der Waals surface area contributed by atoms with Crippen LogP contribution in [0.2, 0.25) is 0 Å². The second-order valence-corrected chi connectivity index (χ2v) is 8.88. The molecule has 1 fully saturated rings. The molecule has 1 N–H and O–H groups in total. The first-order valence-corrected chi connectivity index (χ1v) is 11.0. The first kappa shape index (κ1) is 17.0. The maximum absolute atomic E-state index is 13.5. The van der Waals surface area contributed by atoms with E-state index < -0.39 is 10.8 Å². The first-order valence-electron chi connectivity index (χ1n) is 9.80. The van der Waals surface area contributed by atoms with Crippen LogP contribution in [0.15, 0.2) is 52.4 Å². The number of nitrogens with zero attached hydrogens (tertiary/aromatic N) is 2. The summed E-state index contributed by atoms with van der Waals surface area (Å²) in [6.45, 7) is 1.93. The molecular formula is C22H23N3OS. The third-order valence-electron chi connectivity index (χ3n) is 5.70. The van der Waals surface area contributed by atoms with E-state index in [9.17, 15) is 4.21 Å². The molecule has 3 aromatic rings. The monoisotopic (exact) mass is 377 g/mol. The van der Waals surface area contributed by atoms with E-state index in [-0.39, 0.29) is 0 Å². The van der Waals surface area contributed by atoms with Gasteiger partial charge in [-0.2, -0.15) is 0 Å². The Bertz CT molecular complexity index is 1030. The molecule has 2 atom stereocenters. The standard InChI is InChI=1S/C22H23N3OS/c26-27(18-10-9-15-5-1-2-6-16(15)13-18)22-19-7-3-4-8-20(19)24-21(25-22)17-11-12-23-14-17/h1-2,5-6,9-10,13,17,23H,3-4,7-8,11-12,14H2. The van der Waals surface area contributed by atoms with Gasteiger partial charge in [0.05, 0.1) is 0 Å². The molecule has 5 heteroatoms. The summed E-state index contributed by atoms with van der Waals surface area (Å²) in [5, 5.41) is 6.43. The van der Waals surface area contributed by atoms with Crippen molar-refractivity contribution < 1.29 is 4.21 Å². The minimum atomic E-state index is -1.27. The molecule has 0 radical (unpaired) electrons. The fraction of sp³-hybridized carbons (Fsp3) is 0.364. The normalized spacial score (nSPS) is 20.5. The predicted molar refractivity (Wildman–Crippen MR) is 108 cm³/mol. The molecule has 1 saturated heterocycles. The quantitative estimate of drug-likeness (QED) is 0.706. The van der Waals surface area contributed by atoms with Crippen molar-refractivity contribution in [2.45, 2.75) is 47.9 Å². The van der Waals surface area contributed by atoms with Crippen LogP contribution in [0.4, 0.5) is 0 Å². The summed E-state index contributed by atoms with van der Waals surface area (Å²) in [7, 11) is -1.27. The molecule has 2 unspecified atom stereocenters. The SMILES string of the molecule is O=S(c1ccc2ccccc2c1)c1nc(C2CCNC2)nc2c1CCCC2. The first-order chi connectivity index (χ1) is 13.3. The van der Waals surface area contributed by atoms with E-state index in [4.69, 9.17) is 9.97 Å². The molecular weight excluding hydrogens is 354 g/mol. The van der Waals surface area contributed by atoms with Gasteiger partial charge in [0.25, 0.3) is 0 Å². The highest BCUT2D eigenvalue weighted by Crippen LogP contribution is 2.30. The van der Waals surface area contributed by atoms with Crippen LogP contribution >= 0.6 is 0 Å². The van der Waals surface area contributed by atoms with Gasteiger partial charge in [0.1, 0.15) is 21.6 Å². The van der Waals surface area contributed by atoms with Crippen molar-refractivity contribution in [3.8, 4) is 0 Å². The van der Waals surface area contributed by atoms with E-state index in [2.05, 4.69) is 23.5 Å². The van der Waals surface area contributed by atoms with E-state index in [1.807, 2.05) is 24.3 Å². The Morgan fingerprint density at radius 3 is 2.70 bits per heavy atom. The lowest BCUT2D eigenvalue weighted by atomic mass is 9.97. The third-order valence-corrected chi connectivity index (χ3v) is 7.07. The fourth-order valence-electron chi connectivity index (χ4n) is 4.18. The molecule has 1 aromatic heterocycles. The fourth-order valence-corrected chi connectivity index (χ4v) is 5.45.